The highest BCUT2D eigenvalue weighted by molar-refractivity contribution is 5.87. The van der Waals surface area contributed by atoms with Gasteiger partial charge in [-0.2, -0.15) is 15.1 Å². The Labute approximate surface area is 123 Å². The van der Waals surface area contributed by atoms with Crippen LogP contribution in [0, 0.1) is 0 Å². The van der Waals surface area contributed by atoms with Gasteiger partial charge in [0.05, 0.1) is 11.6 Å². The number of aromatic nitrogens is 4. The van der Waals surface area contributed by atoms with E-state index in [1.54, 1.807) is 6.20 Å². The van der Waals surface area contributed by atoms with Crippen molar-refractivity contribution in [1.82, 2.24) is 20.2 Å². The van der Waals surface area contributed by atoms with Crippen LogP contribution >= 0.6 is 0 Å². The lowest BCUT2D eigenvalue weighted by Gasteiger charge is -2.35. The van der Waals surface area contributed by atoms with Crippen LogP contribution in [0.4, 0.5) is 11.8 Å². The molecule has 0 saturated carbocycles. The summed E-state index contributed by atoms with van der Waals surface area (Å²) < 4.78 is 5.45. The van der Waals surface area contributed by atoms with Crippen LogP contribution in [0.15, 0.2) is 6.20 Å². The van der Waals surface area contributed by atoms with Gasteiger partial charge in [0, 0.05) is 25.3 Å². The van der Waals surface area contributed by atoms with Gasteiger partial charge in [-0.15, -0.1) is 0 Å². The zero-order valence-corrected chi connectivity index (χ0v) is 12.6. The number of anilines is 2. The zero-order chi connectivity index (χ0) is 14.7. The number of fused-ring (bicyclic) bond motifs is 1. The van der Waals surface area contributed by atoms with Crippen LogP contribution in [-0.2, 0) is 4.74 Å². The lowest BCUT2D eigenvalue weighted by molar-refractivity contribution is 0.0657. The lowest BCUT2D eigenvalue weighted by atomic mass is 9.92. The van der Waals surface area contributed by atoms with Crippen molar-refractivity contribution in [3.05, 3.63) is 6.20 Å². The summed E-state index contributed by atoms with van der Waals surface area (Å²) in [6.07, 6.45) is 4.73. The first kappa shape index (κ1) is 14.1. The number of ether oxygens (including phenoxy) is 1. The van der Waals surface area contributed by atoms with Gasteiger partial charge in [0.1, 0.15) is 5.82 Å². The molecule has 21 heavy (non-hydrogen) atoms. The highest BCUT2D eigenvalue weighted by Crippen LogP contribution is 2.28. The van der Waals surface area contributed by atoms with Crippen LogP contribution in [0.3, 0.4) is 0 Å². The highest BCUT2D eigenvalue weighted by atomic mass is 16.5. The molecule has 1 fully saturated rings. The van der Waals surface area contributed by atoms with Gasteiger partial charge in [0.25, 0.3) is 0 Å². The molecule has 2 aromatic heterocycles. The molecule has 3 rings (SSSR count). The predicted octanol–water partition coefficient (Wildman–Crippen LogP) is 2.16. The fraction of sp³-hybridized carbons (Fsp3) is 0.643. The second-order valence-electron chi connectivity index (χ2n) is 5.75. The maximum atomic E-state index is 5.45. The smallest absolute Gasteiger partial charge is 0.226 e. The number of nitrogens with one attached hydrogen (secondary N) is 3. The first-order chi connectivity index (χ1) is 10.2. The number of aromatic amines is 1. The lowest BCUT2D eigenvalue weighted by Crippen LogP contribution is -2.41. The molecule has 1 saturated heterocycles. The first-order valence-electron chi connectivity index (χ1n) is 7.51. The monoisotopic (exact) mass is 290 g/mol. The van der Waals surface area contributed by atoms with Crippen molar-refractivity contribution in [3.63, 3.8) is 0 Å². The zero-order valence-electron chi connectivity index (χ0n) is 12.6. The molecule has 3 N–H and O–H groups in total. The summed E-state index contributed by atoms with van der Waals surface area (Å²) in [5.74, 6) is 1.46. The predicted molar refractivity (Wildman–Crippen MR) is 82.5 cm³/mol. The van der Waals surface area contributed by atoms with Crippen LogP contribution < -0.4 is 10.6 Å². The minimum atomic E-state index is -0.00116. The van der Waals surface area contributed by atoms with E-state index in [0.29, 0.717) is 5.95 Å². The Hall–Kier alpha value is -1.89. The summed E-state index contributed by atoms with van der Waals surface area (Å²) in [6.45, 7) is 6.74. The van der Waals surface area contributed by atoms with E-state index in [2.05, 4.69) is 44.6 Å². The van der Waals surface area contributed by atoms with E-state index >= 15 is 0 Å². The summed E-state index contributed by atoms with van der Waals surface area (Å²) in [5.41, 5.74) is 0.750. The molecule has 2 aromatic rings. The summed E-state index contributed by atoms with van der Waals surface area (Å²) in [6, 6.07) is 0. The van der Waals surface area contributed by atoms with Gasteiger partial charge in [0.2, 0.25) is 5.95 Å². The Kier molecular flexibility index (Phi) is 3.92. The second-order valence-corrected chi connectivity index (χ2v) is 5.75. The third kappa shape index (κ3) is 3.07. The van der Waals surface area contributed by atoms with Crippen molar-refractivity contribution in [3.8, 4) is 0 Å². The van der Waals surface area contributed by atoms with Crippen LogP contribution in [0.25, 0.3) is 11.0 Å². The minimum absolute atomic E-state index is 0.00116. The average Bonchev–Trinajstić information content (AvgIpc) is 2.94. The summed E-state index contributed by atoms with van der Waals surface area (Å²) in [5, 5.41) is 14.7. The van der Waals surface area contributed by atoms with E-state index in [1.165, 1.54) is 0 Å². The largest absolute Gasteiger partial charge is 0.381 e. The van der Waals surface area contributed by atoms with Gasteiger partial charge < -0.3 is 15.4 Å². The summed E-state index contributed by atoms with van der Waals surface area (Å²) >= 11 is 0. The van der Waals surface area contributed by atoms with Gasteiger partial charge in [-0.25, -0.2) is 0 Å². The minimum Gasteiger partial charge on any atom is -0.381 e. The molecular weight excluding hydrogens is 268 g/mol. The Bertz CT molecular complexity index is 605. The van der Waals surface area contributed by atoms with E-state index in [0.717, 1.165) is 55.9 Å². The maximum absolute atomic E-state index is 5.45. The third-order valence-corrected chi connectivity index (χ3v) is 3.86. The third-order valence-electron chi connectivity index (χ3n) is 3.86. The van der Waals surface area contributed by atoms with Gasteiger partial charge in [-0.1, -0.05) is 6.92 Å². The number of H-pyrrole nitrogens is 1. The van der Waals surface area contributed by atoms with E-state index < -0.39 is 0 Å². The number of rotatable bonds is 5. The van der Waals surface area contributed by atoms with Gasteiger partial charge in [-0.05, 0) is 26.2 Å². The van der Waals surface area contributed by atoms with Crippen molar-refractivity contribution < 1.29 is 4.74 Å². The first-order valence-corrected chi connectivity index (χ1v) is 7.51. The number of hydrogen-bond acceptors (Lipinski definition) is 6. The van der Waals surface area contributed by atoms with Crippen molar-refractivity contribution in [2.24, 2.45) is 0 Å². The molecule has 0 bridgehead atoms. The highest BCUT2D eigenvalue weighted by Gasteiger charge is 2.28. The molecule has 1 aliphatic heterocycles. The molecule has 0 aliphatic carbocycles. The van der Waals surface area contributed by atoms with Gasteiger partial charge in [0.15, 0.2) is 5.65 Å². The van der Waals surface area contributed by atoms with Crippen molar-refractivity contribution in [2.75, 3.05) is 30.4 Å². The number of nitrogens with zero attached hydrogens (tertiary/aromatic N) is 3. The summed E-state index contributed by atoms with van der Waals surface area (Å²) in [7, 11) is 0. The topological polar surface area (TPSA) is 87.8 Å². The molecule has 0 unspecified atom stereocenters. The Morgan fingerprint density at radius 1 is 1.33 bits per heavy atom. The Balaban J connectivity index is 1.90. The van der Waals surface area contributed by atoms with Gasteiger partial charge >= 0.3 is 0 Å². The van der Waals surface area contributed by atoms with Crippen LogP contribution in [0.2, 0.25) is 0 Å². The second kappa shape index (κ2) is 5.85. The van der Waals surface area contributed by atoms with E-state index in [1.807, 2.05) is 0 Å². The van der Waals surface area contributed by atoms with Crippen molar-refractivity contribution in [1.29, 1.82) is 0 Å². The molecule has 0 amide bonds. The van der Waals surface area contributed by atoms with Crippen LogP contribution in [-0.4, -0.2) is 45.5 Å². The SMILES string of the molecule is CCCNc1nc(NC2(C)CCOCC2)c2cn[nH]c2n1. The fourth-order valence-electron chi connectivity index (χ4n) is 2.48. The molecule has 0 aromatic carbocycles. The van der Waals surface area contributed by atoms with Crippen LogP contribution in [0.5, 0.6) is 0 Å². The molecular formula is C14H22N6O. The van der Waals surface area contributed by atoms with Crippen LogP contribution in [0.1, 0.15) is 33.1 Å². The molecule has 7 nitrogen and oxygen atoms in total. The fourth-order valence-corrected chi connectivity index (χ4v) is 2.48. The molecule has 0 atom stereocenters. The normalized spacial score (nSPS) is 17.8. The summed E-state index contributed by atoms with van der Waals surface area (Å²) in [4.78, 5) is 9.06. The molecule has 7 heteroatoms. The molecule has 114 valence electrons. The quantitative estimate of drug-likeness (QED) is 0.782. The van der Waals surface area contributed by atoms with E-state index in [-0.39, 0.29) is 5.54 Å². The Morgan fingerprint density at radius 3 is 2.90 bits per heavy atom. The average molecular weight is 290 g/mol. The van der Waals surface area contributed by atoms with E-state index in [9.17, 15) is 0 Å². The van der Waals surface area contributed by atoms with E-state index in [4.69, 9.17) is 4.74 Å². The van der Waals surface area contributed by atoms with Crippen molar-refractivity contribution >= 4 is 22.8 Å². The Morgan fingerprint density at radius 2 is 2.14 bits per heavy atom. The molecule has 3 heterocycles. The molecule has 0 spiro atoms. The standard InChI is InChI=1S/C14H22N6O/c1-3-6-15-13-17-11(10-9-16-20-12(10)18-13)19-14(2)4-7-21-8-5-14/h9H,3-8H2,1-2H3,(H3,15,16,17,18,19,20). The number of hydrogen-bond donors (Lipinski definition) is 3. The molecule has 1 aliphatic rings. The van der Waals surface area contributed by atoms with Gasteiger partial charge in [-0.3, -0.25) is 5.10 Å². The maximum Gasteiger partial charge on any atom is 0.226 e. The molecule has 0 radical (unpaired) electrons. The van der Waals surface area contributed by atoms with Crippen molar-refractivity contribution in [2.45, 2.75) is 38.6 Å².